The molecule has 3 aliphatic rings. The molecule has 3 aliphatic heterocycles. The molecule has 4 N–H and O–H groups in total. The molecule has 17 heteroatoms. The lowest BCUT2D eigenvalue weighted by Gasteiger charge is -2.31. The Morgan fingerprint density at radius 1 is 0.897 bits per heavy atom. The highest BCUT2D eigenvalue weighted by Crippen LogP contribution is 2.36. The minimum atomic E-state index is -1.15. The van der Waals surface area contributed by atoms with E-state index in [2.05, 4.69) is 30.9 Å². The first kappa shape index (κ1) is 44.3. The van der Waals surface area contributed by atoms with Gasteiger partial charge in [0, 0.05) is 49.6 Å². The van der Waals surface area contributed by atoms with E-state index in [1.807, 2.05) is 96.8 Å². The van der Waals surface area contributed by atoms with Crippen molar-refractivity contribution < 1.29 is 33.8 Å². The van der Waals surface area contributed by atoms with Gasteiger partial charge in [-0.05, 0) is 110 Å². The zero-order chi connectivity index (χ0) is 47.1. The average molecular weight is 932 g/mol. The third-order valence-electron chi connectivity index (χ3n) is 13.3. The highest BCUT2D eigenvalue weighted by Gasteiger charge is 2.33. The van der Waals surface area contributed by atoms with Gasteiger partial charge >= 0.3 is 5.97 Å². The number of hydrogen-bond donors (Lipinski definition) is 4. The second-order valence-electron chi connectivity index (χ2n) is 17.6. The van der Waals surface area contributed by atoms with Gasteiger partial charge in [0.05, 0.1) is 46.2 Å². The molecule has 2 saturated heterocycles. The Morgan fingerprint density at radius 2 is 1.74 bits per heavy atom. The summed E-state index contributed by atoms with van der Waals surface area (Å²) in [4.78, 5) is 77.6. The Labute approximate surface area is 395 Å². The molecule has 0 radical (unpaired) electrons. The molecular weight excluding hydrogens is 883 g/mol. The predicted octanol–water partition coefficient (Wildman–Crippen LogP) is 7.32. The average Bonchev–Trinajstić information content (AvgIpc) is 4.05. The van der Waals surface area contributed by atoms with Crippen molar-refractivity contribution in [3.05, 3.63) is 125 Å². The number of pyridine rings is 1. The SMILES string of the molecule is Cc1c(OCCC2CCN(CC(=O)Nc3cccc4c(C5CCC(=O)NC5=O)nn(C)c34)C2)cccc1-c1ccc(N2CCc3cccc(C(=O)Nc4nc5ccccc5s4)c3C2)nc1C(=O)O. The number of piperidine rings is 1. The number of hydrogen-bond acceptors (Lipinski definition) is 12. The fourth-order valence-electron chi connectivity index (χ4n) is 9.84. The Balaban J connectivity index is 0.755. The smallest absolute Gasteiger partial charge is 0.355 e. The number of carbonyl (C=O) groups excluding carboxylic acids is 4. The van der Waals surface area contributed by atoms with Crippen LogP contribution in [0.1, 0.15) is 74.8 Å². The Bertz CT molecular complexity index is 3130. The Kier molecular flexibility index (Phi) is 12.2. The van der Waals surface area contributed by atoms with Crippen molar-refractivity contribution in [1.82, 2.24) is 30.0 Å². The highest BCUT2D eigenvalue weighted by atomic mass is 32.1. The van der Waals surface area contributed by atoms with Gasteiger partial charge in [0.1, 0.15) is 11.6 Å². The second kappa shape index (κ2) is 18.6. The first-order chi connectivity index (χ1) is 33.0. The monoisotopic (exact) mass is 931 g/mol. The van der Waals surface area contributed by atoms with Gasteiger partial charge in [-0.2, -0.15) is 5.10 Å². The molecule has 10 rings (SSSR count). The molecule has 3 aromatic heterocycles. The number of carboxylic acid groups (broad SMARTS) is 1. The van der Waals surface area contributed by atoms with Crippen LogP contribution in [-0.2, 0) is 34.4 Å². The number of likely N-dealkylation sites (tertiary alicyclic amines) is 1. The third-order valence-corrected chi connectivity index (χ3v) is 14.2. The van der Waals surface area contributed by atoms with Crippen molar-refractivity contribution in [3.63, 3.8) is 0 Å². The number of amides is 4. The van der Waals surface area contributed by atoms with Gasteiger partial charge in [-0.3, -0.25) is 39.4 Å². The zero-order valence-corrected chi connectivity index (χ0v) is 38.4. The van der Waals surface area contributed by atoms with Gasteiger partial charge in [0.15, 0.2) is 10.8 Å². The second-order valence-corrected chi connectivity index (χ2v) is 18.7. The summed E-state index contributed by atoms with van der Waals surface area (Å²) in [5, 5.41) is 24.9. The molecule has 7 aromatic rings. The van der Waals surface area contributed by atoms with Gasteiger partial charge in [0.2, 0.25) is 17.7 Å². The van der Waals surface area contributed by atoms with Crippen molar-refractivity contribution in [2.24, 2.45) is 13.0 Å². The number of thiazole rings is 1. The van der Waals surface area contributed by atoms with Gasteiger partial charge in [-0.25, -0.2) is 14.8 Å². The molecule has 68 heavy (non-hydrogen) atoms. The van der Waals surface area contributed by atoms with E-state index in [1.165, 1.54) is 11.3 Å². The third kappa shape index (κ3) is 8.89. The van der Waals surface area contributed by atoms with Crippen LogP contribution in [0.15, 0.2) is 91.0 Å². The fourth-order valence-corrected chi connectivity index (χ4v) is 10.7. The lowest BCUT2D eigenvalue weighted by atomic mass is 9.92. The van der Waals surface area contributed by atoms with E-state index in [1.54, 1.807) is 17.8 Å². The summed E-state index contributed by atoms with van der Waals surface area (Å²) in [6, 6.07) is 28.3. The van der Waals surface area contributed by atoms with Crippen LogP contribution in [0, 0.1) is 12.8 Å². The van der Waals surface area contributed by atoms with Crippen molar-refractivity contribution in [3.8, 4) is 16.9 Å². The molecule has 2 atom stereocenters. The van der Waals surface area contributed by atoms with Gasteiger partial charge in [-0.15, -0.1) is 0 Å². The van der Waals surface area contributed by atoms with Crippen LogP contribution in [0.3, 0.4) is 0 Å². The molecule has 16 nitrogen and oxygen atoms in total. The number of rotatable bonds is 13. The van der Waals surface area contributed by atoms with Crippen LogP contribution in [-0.4, -0.2) is 92.1 Å². The van der Waals surface area contributed by atoms with Crippen LogP contribution in [0.2, 0.25) is 0 Å². The van der Waals surface area contributed by atoms with E-state index >= 15 is 0 Å². The van der Waals surface area contributed by atoms with Crippen molar-refractivity contribution in [1.29, 1.82) is 0 Å². The van der Waals surface area contributed by atoms with E-state index in [-0.39, 0.29) is 42.3 Å². The summed E-state index contributed by atoms with van der Waals surface area (Å²) >= 11 is 1.42. The molecule has 4 amide bonds. The lowest BCUT2D eigenvalue weighted by Crippen LogP contribution is -2.39. The number of nitrogens with zero attached hydrogens (tertiary/aromatic N) is 6. The molecule has 4 aromatic carbocycles. The summed E-state index contributed by atoms with van der Waals surface area (Å²) in [6.07, 6.45) is 3.00. The Morgan fingerprint density at radius 3 is 2.57 bits per heavy atom. The first-order valence-corrected chi connectivity index (χ1v) is 23.6. The lowest BCUT2D eigenvalue weighted by molar-refractivity contribution is -0.134. The number of imide groups is 1. The number of aryl methyl sites for hydroxylation is 1. The number of carbonyl (C=O) groups is 5. The topological polar surface area (TPSA) is 201 Å². The van der Waals surface area contributed by atoms with Crippen molar-refractivity contribution in [2.45, 2.75) is 51.5 Å². The van der Waals surface area contributed by atoms with Gasteiger partial charge in [0.25, 0.3) is 5.91 Å². The molecule has 6 heterocycles. The standard InChI is InChI=1S/C51H49N9O7S/c1-29-32(33-16-18-42(54-46(33)50(65)66)60-24-21-31-8-5-10-34(37(31)27-60)48(63)56-51-53-38-12-3-4-15-41(38)68-51)9-7-14-40(29)67-25-22-30-20-23-59(26-30)28-44(62)52-39-13-6-11-35-45(57-58(2)47(35)39)36-17-19-43(61)55-49(36)64/h3-16,18,30,36H,17,19-28H2,1-2H3,(H,52,62)(H,65,66)(H,53,56,63)(H,55,61,64). The predicted molar refractivity (Wildman–Crippen MR) is 259 cm³/mol. The molecular formula is C51H49N9O7S. The van der Waals surface area contributed by atoms with Crippen LogP contribution < -0.4 is 25.6 Å². The first-order valence-electron chi connectivity index (χ1n) is 22.8. The minimum Gasteiger partial charge on any atom is -0.493 e. The molecule has 0 saturated carbocycles. The number of fused-ring (bicyclic) bond motifs is 3. The summed E-state index contributed by atoms with van der Waals surface area (Å²) < 4.78 is 9.00. The van der Waals surface area contributed by atoms with Crippen LogP contribution in [0.5, 0.6) is 5.75 Å². The maximum Gasteiger partial charge on any atom is 0.355 e. The van der Waals surface area contributed by atoms with Crippen molar-refractivity contribution >= 4 is 78.7 Å². The van der Waals surface area contributed by atoms with E-state index in [4.69, 9.17) is 9.72 Å². The molecule has 0 bridgehead atoms. The number of ether oxygens (including phenoxy) is 1. The van der Waals surface area contributed by atoms with E-state index < -0.39 is 11.9 Å². The fraction of sp³-hybridized carbons (Fsp3) is 0.294. The maximum absolute atomic E-state index is 13.6. The minimum absolute atomic E-state index is 0.0699. The van der Waals surface area contributed by atoms with Crippen LogP contribution in [0.4, 0.5) is 16.6 Å². The summed E-state index contributed by atoms with van der Waals surface area (Å²) in [6.45, 7) is 5.10. The number of nitrogens with one attached hydrogen (secondary N) is 3. The Hall–Kier alpha value is -7.50. The normalized spacial score (nSPS) is 17.3. The number of aromatic nitrogens is 4. The quantitative estimate of drug-likeness (QED) is 0.0842. The summed E-state index contributed by atoms with van der Waals surface area (Å²) in [5.41, 5.74) is 7.15. The van der Waals surface area contributed by atoms with Crippen LogP contribution >= 0.6 is 11.3 Å². The molecule has 0 spiro atoms. The van der Waals surface area contributed by atoms with E-state index in [0.29, 0.717) is 88.7 Å². The summed E-state index contributed by atoms with van der Waals surface area (Å²) in [7, 11) is 1.78. The zero-order valence-electron chi connectivity index (χ0n) is 37.6. The molecule has 346 valence electrons. The van der Waals surface area contributed by atoms with Crippen molar-refractivity contribution in [2.75, 3.05) is 48.3 Å². The summed E-state index contributed by atoms with van der Waals surface area (Å²) in [5.74, 6) is -1.22. The number of anilines is 3. The number of carboxylic acids is 1. The number of aromatic carboxylic acids is 1. The molecule has 2 fully saturated rings. The molecule has 2 unspecified atom stereocenters. The number of para-hydroxylation sites is 2. The highest BCUT2D eigenvalue weighted by molar-refractivity contribution is 7.22. The van der Waals surface area contributed by atoms with E-state index in [9.17, 15) is 29.1 Å². The molecule has 0 aliphatic carbocycles. The maximum atomic E-state index is 13.6. The largest absolute Gasteiger partial charge is 0.493 e. The van der Waals surface area contributed by atoms with E-state index in [0.717, 1.165) is 58.2 Å². The number of benzene rings is 4. The van der Waals surface area contributed by atoms with Gasteiger partial charge in [-0.1, -0.05) is 59.9 Å². The van der Waals surface area contributed by atoms with Crippen LogP contribution in [0.25, 0.3) is 32.2 Å². The van der Waals surface area contributed by atoms with Gasteiger partial charge < -0.3 is 20.1 Å².